The van der Waals surface area contributed by atoms with E-state index in [1.54, 1.807) is 11.6 Å². The first-order valence-electron chi connectivity index (χ1n) is 8.88. The fraction of sp³-hybridized carbons (Fsp3) is 0.263. The van der Waals surface area contributed by atoms with E-state index in [4.69, 9.17) is 4.42 Å². The van der Waals surface area contributed by atoms with Gasteiger partial charge in [0.25, 0.3) is 5.91 Å². The Kier molecular flexibility index (Phi) is 3.97. The molecule has 8 heteroatoms. The Morgan fingerprint density at radius 2 is 2.19 bits per heavy atom. The monoisotopic (exact) mass is 379 g/mol. The van der Waals surface area contributed by atoms with Crippen LogP contribution in [0.1, 0.15) is 35.1 Å². The average molecular weight is 379 g/mol. The van der Waals surface area contributed by atoms with Crippen LogP contribution in [0.4, 0.5) is 0 Å². The van der Waals surface area contributed by atoms with Crippen molar-refractivity contribution in [1.29, 1.82) is 0 Å². The first kappa shape index (κ1) is 16.2. The summed E-state index contributed by atoms with van der Waals surface area (Å²) < 4.78 is 7.38. The summed E-state index contributed by atoms with van der Waals surface area (Å²) in [5.74, 6) is 1.73. The number of hydrogen-bond donors (Lipinski definition) is 0. The minimum Gasteiger partial charge on any atom is -0.462 e. The van der Waals surface area contributed by atoms with Crippen LogP contribution in [-0.4, -0.2) is 43.5 Å². The molecule has 0 radical (unpaired) electrons. The molecule has 0 N–H and O–H groups in total. The second-order valence-electron chi connectivity index (χ2n) is 6.59. The summed E-state index contributed by atoms with van der Waals surface area (Å²) in [5, 5.41) is 11.1. The minimum absolute atomic E-state index is 0.0393. The van der Waals surface area contributed by atoms with Gasteiger partial charge in [0, 0.05) is 30.6 Å². The molecule has 1 atom stereocenters. The zero-order valence-electron chi connectivity index (χ0n) is 14.5. The maximum Gasteiger partial charge on any atom is 0.273 e. The number of hydrogen-bond acceptors (Lipinski definition) is 6. The van der Waals surface area contributed by atoms with Crippen molar-refractivity contribution in [3.05, 3.63) is 59.7 Å². The second-order valence-corrected chi connectivity index (χ2v) is 7.45. The highest BCUT2D eigenvalue weighted by molar-refractivity contribution is 7.13. The molecule has 4 aromatic rings. The van der Waals surface area contributed by atoms with E-state index in [-0.39, 0.29) is 11.8 Å². The SMILES string of the molecule is O=C(c1csc(-c2ccco2)n1)N1CCCC(c2nnc3ccccn23)C1. The first-order valence-corrected chi connectivity index (χ1v) is 9.76. The lowest BCUT2D eigenvalue weighted by atomic mass is 9.97. The van der Waals surface area contributed by atoms with Crippen LogP contribution in [0.25, 0.3) is 16.4 Å². The molecule has 1 amide bonds. The maximum absolute atomic E-state index is 13.0. The molecule has 0 bridgehead atoms. The largest absolute Gasteiger partial charge is 0.462 e. The molecule has 1 fully saturated rings. The summed E-state index contributed by atoms with van der Waals surface area (Å²) in [5.41, 5.74) is 1.30. The van der Waals surface area contributed by atoms with Crippen LogP contribution in [-0.2, 0) is 0 Å². The number of carbonyl (C=O) groups is 1. The van der Waals surface area contributed by atoms with E-state index in [9.17, 15) is 4.79 Å². The van der Waals surface area contributed by atoms with Crippen LogP contribution in [0.5, 0.6) is 0 Å². The van der Waals surface area contributed by atoms with Crippen LogP contribution in [0.2, 0.25) is 0 Å². The van der Waals surface area contributed by atoms with Gasteiger partial charge in [-0.3, -0.25) is 9.20 Å². The van der Waals surface area contributed by atoms with E-state index >= 15 is 0 Å². The van der Waals surface area contributed by atoms with Crippen molar-refractivity contribution in [2.24, 2.45) is 0 Å². The number of pyridine rings is 1. The molecule has 1 unspecified atom stereocenters. The summed E-state index contributed by atoms with van der Waals surface area (Å²) >= 11 is 1.42. The van der Waals surface area contributed by atoms with Gasteiger partial charge in [0.15, 0.2) is 16.4 Å². The summed E-state index contributed by atoms with van der Waals surface area (Å²) in [6, 6.07) is 9.52. The average Bonchev–Trinajstić information content (AvgIpc) is 3.47. The number of likely N-dealkylation sites (tertiary alicyclic amines) is 1. The summed E-state index contributed by atoms with van der Waals surface area (Å²) in [7, 11) is 0. The number of furan rings is 1. The van der Waals surface area contributed by atoms with Gasteiger partial charge in [0.1, 0.15) is 11.5 Å². The van der Waals surface area contributed by atoms with Gasteiger partial charge in [0.2, 0.25) is 0 Å². The highest BCUT2D eigenvalue weighted by Gasteiger charge is 2.29. The second kappa shape index (κ2) is 6.62. The first-order chi connectivity index (χ1) is 13.3. The molecule has 7 nitrogen and oxygen atoms in total. The maximum atomic E-state index is 13.0. The third-order valence-electron chi connectivity index (χ3n) is 4.87. The zero-order chi connectivity index (χ0) is 18.2. The highest BCUT2D eigenvalue weighted by Crippen LogP contribution is 2.29. The number of carbonyl (C=O) groups excluding carboxylic acids is 1. The van der Waals surface area contributed by atoms with E-state index in [0.717, 1.165) is 35.9 Å². The molecule has 1 aliphatic heterocycles. The van der Waals surface area contributed by atoms with E-state index in [1.807, 2.05) is 45.8 Å². The minimum atomic E-state index is -0.0393. The number of amides is 1. The Bertz CT molecular complexity index is 1080. The van der Waals surface area contributed by atoms with Crippen LogP contribution < -0.4 is 0 Å². The number of rotatable bonds is 3. The predicted octanol–water partition coefficient (Wildman–Crippen LogP) is 3.47. The molecule has 27 heavy (non-hydrogen) atoms. The molecular weight excluding hydrogens is 362 g/mol. The van der Waals surface area contributed by atoms with Crippen LogP contribution in [0, 0.1) is 0 Å². The number of thiazole rings is 1. The van der Waals surface area contributed by atoms with Gasteiger partial charge in [-0.2, -0.15) is 0 Å². The Hall–Kier alpha value is -3.00. The molecule has 1 saturated heterocycles. The third kappa shape index (κ3) is 2.91. The molecule has 5 heterocycles. The summed E-state index contributed by atoms with van der Waals surface area (Å²) in [6.45, 7) is 1.36. The zero-order valence-corrected chi connectivity index (χ0v) is 15.3. The molecule has 1 aliphatic rings. The van der Waals surface area contributed by atoms with Gasteiger partial charge in [-0.05, 0) is 37.1 Å². The molecule has 0 aromatic carbocycles. The van der Waals surface area contributed by atoms with Crippen molar-refractivity contribution in [3.63, 3.8) is 0 Å². The molecule has 0 aliphatic carbocycles. The smallest absolute Gasteiger partial charge is 0.273 e. The van der Waals surface area contributed by atoms with Crippen LogP contribution in [0.3, 0.4) is 0 Å². The molecular formula is C19H17N5O2S. The third-order valence-corrected chi connectivity index (χ3v) is 5.73. The molecule has 5 rings (SSSR count). The van der Waals surface area contributed by atoms with E-state index in [0.29, 0.717) is 18.0 Å². The number of nitrogens with zero attached hydrogens (tertiary/aromatic N) is 5. The normalized spacial score (nSPS) is 17.5. The van der Waals surface area contributed by atoms with Gasteiger partial charge in [0.05, 0.1) is 6.26 Å². The lowest BCUT2D eigenvalue weighted by molar-refractivity contribution is 0.0699. The van der Waals surface area contributed by atoms with Gasteiger partial charge < -0.3 is 9.32 Å². The van der Waals surface area contributed by atoms with Gasteiger partial charge in [-0.1, -0.05) is 6.07 Å². The molecule has 4 aromatic heterocycles. The van der Waals surface area contributed by atoms with Crippen LogP contribution in [0.15, 0.2) is 52.6 Å². The molecule has 136 valence electrons. The Morgan fingerprint density at radius 1 is 1.22 bits per heavy atom. The lowest BCUT2D eigenvalue weighted by Gasteiger charge is -2.31. The molecule has 0 saturated carbocycles. The van der Waals surface area contributed by atoms with Crippen molar-refractivity contribution >= 4 is 22.9 Å². The van der Waals surface area contributed by atoms with Crippen molar-refractivity contribution < 1.29 is 9.21 Å². The van der Waals surface area contributed by atoms with E-state index in [1.165, 1.54) is 11.3 Å². The Balaban J connectivity index is 1.37. The predicted molar refractivity (Wildman–Crippen MR) is 101 cm³/mol. The summed E-state index contributed by atoms with van der Waals surface area (Å²) in [6.07, 6.45) is 5.51. The Morgan fingerprint density at radius 3 is 3.07 bits per heavy atom. The van der Waals surface area contributed by atoms with Crippen LogP contribution >= 0.6 is 11.3 Å². The Labute approximate surface area is 159 Å². The number of fused-ring (bicyclic) bond motifs is 1. The standard InChI is InChI=1S/C19H17N5O2S/c25-19(14-12-27-18(20-14)15-6-4-10-26-15)23-8-3-5-13(11-23)17-22-21-16-7-1-2-9-24(16)17/h1-2,4,6-7,9-10,12-13H,3,5,8,11H2. The van der Waals surface area contributed by atoms with Crippen molar-refractivity contribution in [1.82, 2.24) is 24.5 Å². The topological polar surface area (TPSA) is 76.5 Å². The fourth-order valence-corrected chi connectivity index (χ4v) is 4.32. The quantitative estimate of drug-likeness (QED) is 0.545. The molecule has 0 spiro atoms. The fourth-order valence-electron chi connectivity index (χ4n) is 3.56. The van der Waals surface area contributed by atoms with Gasteiger partial charge >= 0.3 is 0 Å². The number of piperidine rings is 1. The van der Waals surface area contributed by atoms with Gasteiger partial charge in [-0.25, -0.2) is 4.98 Å². The van der Waals surface area contributed by atoms with Gasteiger partial charge in [-0.15, -0.1) is 21.5 Å². The summed E-state index contributed by atoms with van der Waals surface area (Å²) in [4.78, 5) is 19.3. The van der Waals surface area contributed by atoms with Crippen molar-refractivity contribution in [2.45, 2.75) is 18.8 Å². The number of aromatic nitrogens is 4. The van der Waals surface area contributed by atoms with E-state index in [2.05, 4.69) is 15.2 Å². The van der Waals surface area contributed by atoms with Crippen molar-refractivity contribution in [3.8, 4) is 10.8 Å². The van der Waals surface area contributed by atoms with E-state index < -0.39 is 0 Å². The lowest BCUT2D eigenvalue weighted by Crippen LogP contribution is -2.39. The highest BCUT2D eigenvalue weighted by atomic mass is 32.1. The van der Waals surface area contributed by atoms with Crippen molar-refractivity contribution in [2.75, 3.05) is 13.1 Å².